The van der Waals surface area contributed by atoms with Crippen molar-refractivity contribution < 1.29 is 54.4 Å². The van der Waals surface area contributed by atoms with Crippen LogP contribution in [-0.4, -0.2) is 73.6 Å². The van der Waals surface area contributed by atoms with Gasteiger partial charge in [0.15, 0.2) is 23.0 Å². The summed E-state index contributed by atoms with van der Waals surface area (Å²) in [6.07, 6.45) is -7.50. The van der Waals surface area contributed by atoms with Crippen LogP contribution >= 0.6 is 0 Å². The van der Waals surface area contributed by atoms with Crippen LogP contribution in [0.25, 0.3) is 22.3 Å². The Morgan fingerprint density at radius 1 is 0.882 bits per heavy atom. The number of fused-ring (bicyclic) bond motifs is 1. The molecular formula is C22H22O12. The molecule has 182 valence electrons. The molecule has 4 rings (SSSR count). The maximum atomic E-state index is 13.4. The van der Waals surface area contributed by atoms with Gasteiger partial charge in [0, 0.05) is 17.7 Å². The lowest BCUT2D eigenvalue weighted by atomic mass is 10.00. The predicted octanol–water partition coefficient (Wildman–Crippen LogP) is 0.497. The first-order valence-electron chi connectivity index (χ1n) is 10.0. The van der Waals surface area contributed by atoms with Crippen molar-refractivity contribution in [1.82, 2.24) is 0 Å². The highest BCUT2D eigenvalue weighted by molar-refractivity contribution is 5.88. The molecule has 1 fully saturated rings. The minimum atomic E-state index is -1.78. The van der Waals surface area contributed by atoms with Gasteiger partial charge in [-0.1, -0.05) is 0 Å². The Bertz CT molecular complexity index is 1280. The van der Waals surface area contributed by atoms with Crippen molar-refractivity contribution in [3.8, 4) is 45.8 Å². The molecule has 1 aliphatic rings. The van der Waals surface area contributed by atoms with Gasteiger partial charge in [0.25, 0.3) is 0 Å². The van der Waals surface area contributed by atoms with Gasteiger partial charge in [0.05, 0.1) is 13.2 Å². The Kier molecular flexibility index (Phi) is 5.91. The standard InChI is InChI=1S/C22H22O12/c1-7-15(26)18(29)19(30)22(32-7)34-21-17(28)14-10(23)5-9(31-2)6-13(14)33-20(21)8-3-11(24)16(27)12(25)4-8/h3-7,15,18-19,22-27,29-30H,1-2H3. The maximum Gasteiger partial charge on any atom is 0.239 e. The van der Waals surface area contributed by atoms with Gasteiger partial charge in [-0.2, -0.15) is 0 Å². The van der Waals surface area contributed by atoms with E-state index in [1.165, 1.54) is 20.1 Å². The van der Waals surface area contributed by atoms with Gasteiger partial charge in [0.1, 0.15) is 40.8 Å². The number of hydrogen-bond acceptors (Lipinski definition) is 12. The third-order valence-corrected chi connectivity index (χ3v) is 5.52. The molecule has 12 nitrogen and oxygen atoms in total. The molecule has 0 spiro atoms. The first-order chi connectivity index (χ1) is 16.0. The van der Waals surface area contributed by atoms with E-state index in [0.717, 1.165) is 18.2 Å². The summed E-state index contributed by atoms with van der Waals surface area (Å²) < 4.78 is 21.8. The molecule has 0 radical (unpaired) electrons. The quantitative estimate of drug-likeness (QED) is 0.257. The van der Waals surface area contributed by atoms with Crippen LogP contribution in [0.4, 0.5) is 0 Å². The van der Waals surface area contributed by atoms with Gasteiger partial charge in [-0.05, 0) is 19.1 Å². The zero-order valence-corrected chi connectivity index (χ0v) is 17.9. The SMILES string of the molecule is COc1cc(O)c2c(=O)c(OC3OC(C)C(O)C(O)C3O)c(-c3cc(O)c(O)c(O)c3)oc2c1. The molecule has 7 N–H and O–H groups in total. The predicted molar refractivity (Wildman–Crippen MR) is 114 cm³/mol. The average molecular weight is 478 g/mol. The largest absolute Gasteiger partial charge is 0.507 e. The van der Waals surface area contributed by atoms with E-state index in [2.05, 4.69) is 0 Å². The van der Waals surface area contributed by atoms with Crippen molar-refractivity contribution >= 4 is 11.0 Å². The van der Waals surface area contributed by atoms with Crippen molar-refractivity contribution in [2.24, 2.45) is 0 Å². The molecule has 1 aromatic heterocycles. The van der Waals surface area contributed by atoms with Crippen molar-refractivity contribution in [3.05, 3.63) is 34.5 Å². The summed E-state index contributed by atoms with van der Waals surface area (Å²) in [4.78, 5) is 13.4. The first-order valence-corrected chi connectivity index (χ1v) is 10.0. The van der Waals surface area contributed by atoms with E-state index in [1.807, 2.05) is 0 Å². The second kappa shape index (κ2) is 8.57. The summed E-state index contributed by atoms with van der Waals surface area (Å²) >= 11 is 0. The van der Waals surface area contributed by atoms with E-state index < -0.39 is 64.9 Å². The number of ether oxygens (including phenoxy) is 3. The maximum absolute atomic E-state index is 13.4. The van der Waals surface area contributed by atoms with Crippen LogP contribution in [-0.2, 0) is 4.74 Å². The molecule has 2 aromatic carbocycles. The fourth-order valence-electron chi connectivity index (χ4n) is 3.63. The molecule has 5 unspecified atom stereocenters. The number of aliphatic hydroxyl groups excluding tert-OH is 3. The van der Waals surface area contributed by atoms with Gasteiger partial charge in [-0.25, -0.2) is 0 Å². The first kappa shape index (κ1) is 23.4. The van der Waals surface area contributed by atoms with Crippen molar-refractivity contribution in [2.45, 2.75) is 37.6 Å². The summed E-state index contributed by atoms with van der Waals surface area (Å²) in [6, 6.07) is 4.42. The van der Waals surface area contributed by atoms with Crippen LogP contribution in [0, 0.1) is 0 Å². The van der Waals surface area contributed by atoms with Gasteiger partial charge in [-0.3, -0.25) is 4.79 Å². The molecular weight excluding hydrogens is 456 g/mol. The lowest BCUT2D eigenvalue weighted by Crippen LogP contribution is -2.58. The molecule has 1 saturated heterocycles. The zero-order valence-electron chi connectivity index (χ0n) is 17.9. The van der Waals surface area contributed by atoms with Crippen LogP contribution in [0.15, 0.2) is 33.5 Å². The molecule has 0 amide bonds. The van der Waals surface area contributed by atoms with Crippen LogP contribution in [0.5, 0.6) is 34.5 Å². The minimum Gasteiger partial charge on any atom is -0.507 e. The Labute approximate surface area is 191 Å². The number of benzene rings is 2. The highest BCUT2D eigenvalue weighted by Gasteiger charge is 2.44. The molecule has 0 saturated carbocycles. The monoisotopic (exact) mass is 478 g/mol. The second-order valence-corrected chi connectivity index (χ2v) is 7.77. The molecule has 3 aromatic rings. The van der Waals surface area contributed by atoms with E-state index in [0.29, 0.717) is 0 Å². The third-order valence-electron chi connectivity index (χ3n) is 5.52. The van der Waals surface area contributed by atoms with E-state index >= 15 is 0 Å². The van der Waals surface area contributed by atoms with E-state index in [1.54, 1.807) is 0 Å². The van der Waals surface area contributed by atoms with Crippen molar-refractivity contribution in [2.75, 3.05) is 7.11 Å². The summed E-state index contributed by atoms with van der Waals surface area (Å²) in [7, 11) is 1.33. The fourth-order valence-corrected chi connectivity index (χ4v) is 3.63. The number of methoxy groups -OCH3 is 1. The number of aromatic hydroxyl groups is 4. The highest BCUT2D eigenvalue weighted by Crippen LogP contribution is 2.43. The van der Waals surface area contributed by atoms with Gasteiger partial charge in [0.2, 0.25) is 17.5 Å². The van der Waals surface area contributed by atoms with Crippen LogP contribution < -0.4 is 14.9 Å². The van der Waals surface area contributed by atoms with Crippen LogP contribution in [0.2, 0.25) is 0 Å². The Morgan fingerprint density at radius 2 is 1.53 bits per heavy atom. The fraction of sp³-hybridized carbons (Fsp3) is 0.318. The third kappa shape index (κ3) is 3.82. The molecule has 5 atom stereocenters. The second-order valence-electron chi connectivity index (χ2n) is 7.77. The summed E-state index contributed by atoms with van der Waals surface area (Å²) in [5.41, 5.74) is -1.19. The number of phenols is 4. The molecule has 34 heavy (non-hydrogen) atoms. The van der Waals surface area contributed by atoms with E-state index in [9.17, 15) is 40.5 Å². The van der Waals surface area contributed by atoms with E-state index in [4.69, 9.17) is 18.6 Å². The topological polar surface area (TPSA) is 200 Å². The van der Waals surface area contributed by atoms with Gasteiger partial charge < -0.3 is 54.4 Å². The number of rotatable bonds is 4. The highest BCUT2D eigenvalue weighted by atomic mass is 16.7. The van der Waals surface area contributed by atoms with Gasteiger partial charge >= 0.3 is 0 Å². The Balaban J connectivity index is 1.95. The number of phenolic OH excluding ortho intramolecular Hbond substituents is 4. The van der Waals surface area contributed by atoms with Crippen molar-refractivity contribution in [3.63, 3.8) is 0 Å². The van der Waals surface area contributed by atoms with Gasteiger partial charge in [-0.15, -0.1) is 0 Å². The van der Waals surface area contributed by atoms with Crippen LogP contribution in [0.1, 0.15) is 6.92 Å². The lowest BCUT2D eigenvalue weighted by molar-refractivity contribution is -0.268. The number of hydrogen-bond donors (Lipinski definition) is 7. The van der Waals surface area contributed by atoms with Crippen LogP contribution in [0.3, 0.4) is 0 Å². The molecule has 0 bridgehead atoms. The van der Waals surface area contributed by atoms with E-state index in [-0.39, 0.29) is 28.0 Å². The average Bonchev–Trinajstić information content (AvgIpc) is 2.80. The molecule has 12 heteroatoms. The summed E-state index contributed by atoms with van der Waals surface area (Å²) in [5, 5.41) is 70.0. The molecule has 0 aliphatic carbocycles. The summed E-state index contributed by atoms with van der Waals surface area (Å²) in [6.45, 7) is 1.41. The summed E-state index contributed by atoms with van der Waals surface area (Å²) in [5.74, 6) is -3.63. The molecule has 2 heterocycles. The number of aliphatic hydroxyl groups is 3. The smallest absolute Gasteiger partial charge is 0.239 e. The zero-order chi connectivity index (χ0) is 24.9. The Morgan fingerprint density at radius 3 is 2.15 bits per heavy atom. The Hall–Kier alpha value is -3.71. The minimum absolute atomic E-state index is 0.122. The van der Waals surface area contributed by atoms with Crippen molar-refractivity contribution in [1.29, 1.82) is 0 Å². The lowest BCUT2D eigenvalue weighted by Gasteiger charge is -2.38. The molecule has 1 aliphatic heterocycles. The normalized spacial score (nSPS) is 24.8.